The Bertz CT molecular complexity index is 489. The molecule has 2 rings (SSSR count). The highest BCUT2D eigenvalue weighted by atomic mass is 15.1. The Kier molecular flexibility index (Phi) is 4.37. The van der Waals surface area contributed by atoms with Crippen LogP contribution >= 0.6 is 0 Å². The van der Waals surface area contributed by atoms with E-state index in [9.17, 15) is 0 Å². The molecule has 3 nitrogen and oxygen atoms in total. The number of nitrogens with one attached hydrogen (secondary N) is 1. The van der Waals surface area contributed by atoms with Crippen LogP contribution in [0.25, 0.3) is 11.0 Å². The monoisotopic (exact) mass is 245 g/mol. The minimum absolute atomic E-state index is 0.502. The van der Waals surface area contributed by atoms with Crippen LogP contribution in [0.15, 0.2) is 30.6 Å². The van der Waals surface area contributed by atoms with Gasteiger partial charge in [-0.2, -0.15) is 0 Å². The largest absolute Gasteiger partial charge is 0.329 e. The first kappa shape index (κ1) is 13.1. The van der Waals surface area contributed by atoms with Crippen LogP contribution < -0.4 is 5.32 Å². The summed E-state index contributed by atoms with van der Waals surface area (Å²) in [7, 11) is 2.05. The van der Waals surface area contributed by atoms with Crippen LogP contribution in [0.3, 0.4) is 0 Å². The van der Waals surface area contributed by atoms with E-state index in [-0.39, 0.29) is 0 Å². The molecule has 0 radical (unpaired) electrons. The lowest BCUT2D eigenvalue weighted by atomic mass is 9.97. The maximum Gasteiger partial charge on any atom is 0.0958 e. The van der Waals surface area contributed by atoms with Gasteiger partial charge in [0.2, 0.25) is 0 Å². The summed E-state index contributed by atoms with van der Waals surface area (Å²) in [5.41, 5.74) is 2.30. The summed E-state index contributed by atoms with van der Waals surface area (Å²) in [6, 6.07) is 8.82. The molecule has 3 heteroatoms. The van der Waals surface area contributed by atoms with Crippen LogP contribution in [-0.4, -0.2) is 22.6 Å². The third kappa shape index (κ3) is 2.72. The first-order valence-corrected chi connectivity index (χ1v) is 6.83. The van der Waals surface area contributed by atoms with E-state index in [0.29, 0.717) is 12.0 Å². The van der Waals surface area contributed by atoms with E-state index in [4.69, 9.17) is 0 Å². The van der Waals surface area contributed by atoms with E-state index in [1.807, 2.05) is 12.4 Å². The van der Waals surface area contributed by atoms with Crippen molar-refractivity contribution in [3.8, 4) is 0 Å². The van der Waals surface area contributed by atoms with Gasteiger partial charge in [0.25, 0.3) is 0 Å². The van der Waals surface area contributed by atoms with Crippen molar-refractivity contribution >= 4 is 11.0 Å². The topological polar surface area (TPSA) is 29.9 Å². The summed E-state index contributed by atoms with van der Waals surface area (Å²) in [6.07, 6.45) is 4.45. The molecule has 1 aromatic heterocycles. The van der Waals surface area contributed by atoms with Gasteiger partial charge in [-0.1, -0.05) is 32.4 Å². The average molecular weight is 245 g/mol. The molecule has 98 valence electrons. The van der Waals surface area contributed by atoms with Gasteiger partial charge in [-0.25, -0.2) is 4.98 Å². The van der Waals surface area contributed by atoms with Crippen LogP contribution in [-0.2, 0) is 6.54 Å². The lowest BCUT2D eigenvalue weighted by molar-refractivity contribution is 0.339. The number of imidazole rings is 1. The first-order valence-electron chi connectivity index (χ1n) is 6.83. The quantitative estimate of drug-likeness (QED) is 0.847. The van der Waals surface area contributed by atoms with Crippen LogP contribution in [0, 0.1) is 5.92 Å². The van der Waals surface area contributed by atoms with Gasteiger partial charge in [-0.3, -0.25) is 0 Å². The van der Waals surface area contributed by atoms with Gasteiger partial charge in [0.1, 0.15) is 0 Å². The molecule has 1 N–H and O–H groups in total. The Labute approximate surface area is 109 Å². The predicted molar refractivity (Wildman–Crippen MR) is 76.7 cm³/mol. The van der Waals surface area contributed by atoms with E-state index >= 15 is 0 Å². The molecule has 0 spiro atoms. The molecule has 2 atom stereocenters. The maximum absolute atomic E-state index is 4.45. The van der Waals surface area contributed by atoms with E-state index in [1.165, 1.54) is 18.4 Å². The number of aromatic nitrogens is 2. The zero-order valence-electron chi connectivity index (χ0n) is 11.6. The van der Waals surface area contributed by atoms with Crippen molar-refractivity contribution < 1.29 is 0 Å². The zero-order valence-corrected chi connectivity index (χ0v) is 11.6. The van der Waals surface area contributed by atoms with Crippen molar-refractivity contribution in [2.45, 2.75) is 39.3 Å². The molecule has 0 saturated heterocycles. The van der Waals surface area contributed by atoms with Gasteiger partial charge in [0, 0.05) is 12.6 Å². The molecule has 0 saturated carbocycles. The minimum Gasteiger partial charge on any atom is -0.329 e. The highest BCUT2D eigenvalue weighted by molar-refractivity contribution is 5.74. The number of hydrogen-bond acceptors (Lipinski definition) is 2. The summed E-state index contributed by atoms with van der Waals surface area (Å²) in [5, 5.41) is 3.44. The van der Waals surface area contributed by atoms with Gasteiger partial charge in [-0.05, 0) is 31.5 Å². The molecule has 18 heavy (non-hydrogen) atoms. The number of rotatable bonds is 6. The lowest BCUT2D eigenvalue weighted by Crippen LogP contribution is -2.36. The van der Waals surface area contributed by atoms with E-state index in [0.717, 1.165) is 12.1 Å². The van der Waals surface area contributed by atoms with E-state index in [1.54, 1.807) is 0 Å². The molecular weight excluding hydrogens is 222 g/mol. The number of likely N-dealkylation sites (N-methyl/N-ethyl adjacent to an activating group) is 1. The summed E-state index contributed by atoms with van der Waals surface area (Å²) >= 11 is 0. The van der Waals surface area contributed by atoms with Crippen LogP contribution in [0.1, 0.15) is 26.7 Å². The summed E-state index contributed by atoms with van der Waals surface area (Å²) in [6.45, 7) is 5.55. The smallest absolute Gasteiger partial charge is 0.0958 e. The van der Waals surface area contributed by atoms with Gasteiger partial charge in [0.15, 0.2) is 0 Å². The van der Waals surface area contributed by atoms with Gasteiger partial charge < -0.3 is 9.88 Å². The second kappa shape index (κ2) is 6.01. The molecule has 0 aliphatic carbocycles. The van der Waals surface area contributed by atoms with Crippen molar-refractivity contribution in [3.05, 3.63) is 30.6 Å². The number of para-hydroxylation sites is 2. The van der Waals surface area contributed by atoms with Crippen molar-refractivity contribution in [2.24, 2.45) is 5.92 Å². The standard InChI is InChI=1S/C15H23N3/c1-4-7-12(2)14(16-3)10-18-11-17-13-8-5-6-9-15(13)18/h5-6,8-9,11-12,14,16H,4,7,10H2,1-3H3. The minimum atomic E-state index is 0.502. The van der Waals surface area contributed by atoms with E-state index in [2.05, 4.69) is 54.0 Å². The van der Waals surface area contributed by atoms with Gasteiger partial charge in [0.05, 0.1) is 17.4 Å². The highest BCUT2D eigenvalue weighted by Crippen LogP contribution is 2.16. The van der Waals surface area contributed by atoms with Crippen molar-refractivity contribution in [3.63, 3.8) is 0 Å². The molecule has 1 aromatic carbocycles. The Morgan fingerprint density at radius 2 is 2.11 bits per heavy atom. The molecule has 0 fully saturated rings. The van der Waals surface area contributed by atoms with E-state index < -0.39 is 0 Å². The molecular formula is C15H23N3. The van der Waals surface area contributed by atoms with Crippen LogP contribution in [0.2, 0.25) is 0 Å². The maximum atomic E-state index is 4.45. The van der Waals surface area contributed by atoms with Gasteiger partial charge in [-0.15, -0.1) is 0 Å². The number of fused-ring (bicyclic) bond motifs is 1. The van der Waals surface area contributed by atoms with Crippen molar-refractivity contribution in [1.82, 2.24) is 14.9 Å². The Morgan fingerprint density at radius 3 is 2.83 bits per heavy atom. The van der Waals surface area contributed by atoms with Crippen molar-refractivity contribution in [2.75, 3.05) is 7.05 Å². The summed E-state index contributed by atoms with van der Waals surface area (Å²) in [5.74, 6) is 0.682. The first-order chi connectivity index (χ1) is 8.76. The van der Waals surface area contributed by atoms with Crippen LogP contribution in [0.5, 0.6) is 0 Å². The Balaban J connectivity index is 2.16. The Morgan fingerprint density at radius 1 is 1.33 bits per heavy atom. The molecule has 0 aliphatic heterocycles. The van der Waals surface area contributed by atoms with Gasteiger partial charge >= 0.3 is 0 Å². The number of nitrogens with zero attached hydrogens (tertiary/aromatic N) is 2. The van der Waals surface area contributed by atoms with Crippen molar-refractivity contribution in [1.29, 1.82) is 0 Å². The molecule has 2 unspecified atom stereocenters. The molecule has 1 heterocycles. The van der Waals surface area contributed by atoms with Crippen LogP contribution in [0.4, 0.5) is 0 Å². The molecule has 0 bridgehead atoms. The average Bonchev–Trinajstić information content (AvgIpc) is 2.79. The Hall–Kier alpha value is -1.35. The highest BCUT2D eigenvalue weighted by Gasteiger charge is 2.16. The fraction of sp³-hybridized carbons (Fsp3) is 0.533. The lowest BCUT2D eigenvalue weighted by Gasteiger charge is -2.24. The predicted octanol–water partition coefficient (Wildman–Crippen LogP) is 3.06. The third-order valence-corrected chi connectivity index (χ3v) is 3.72. The number of benzene rings is 1. The fourth-order valence-electron chi connectivity index (χ4n) is 2.58. The fourth-order valence-corrected chi connectivity index (χ4v) is 2.58. The summed E-state index contributed by atoms with van der Waals surface area (Å²) in [4.78, 5) is 4.45. The molecule has 2 aromatic rings. The third-order valence-electron chi connectivity index (χ3n) is 3.72. The SMILES string of the molecule is CCCC(C)C(Cn1cnc2ccccc21)NC. The second-order valence-electron chi connectivity index (χ2n) is 5.05. The summed E-state index contributed by atoms with van der Waals surface area (Å²) < 4.78 is 2.25. The second-order valence-corrected chi connectivity index (χ2v) is 5.05. The molecule has 0 aliphatic rings. The normalized spacial score (nSPS) is 14.8. The number of hydrogen-bond donors (Lipinski definition) is 1. The molecule has 0 amide bonds. The zero-order chi connectivity index (χ0) is 13.0.